The van der Waals surface area contributed by atoms with Crippen LogP contribution in [0, 0.1) is 0 Å². The number of nitrogens with zero attached hydrogens (tertiary/aromatic N) is 2. The molecule has 3 nitrogen and oxygen atoms in total. The summed E-state index contributed by atoms with van der Waals surface area (Å²) < 4.78 is 5.79. The molecule has 0 radical (unpaired) electrons. The molecule has 0 spiro atoms. The topological polar surface area (TPSA) is 15.7 Å². The van der Waals surface area contributed by atoms with Gasteiger partial charge in [-0.15, -0.1) is 0 Å². The molecule has 0 aliphatic carbocycles. The number of benzene rings is 2. The lowest BCUT2D eigenvalue weighted by Crippen LogP contribution is -2.48. The number of methoxy groups -OCH3 is 1. The van der Waals surface area contributed by atoms with Crippen molar-refractivity contribution in [2.45, 2.75) is 25.3 Å². The van der Waals surface area contributed by atoms with Crippen molar-refractivity contribution < 1.29 is 4.74 Å². The van der Waals surface area contributed by atoms with Gasteiger partial charge in [-0.1, -0.05) is 66.6 Å². The van der Waals surface area contributed by atoms with E-state index in [1.54, 1.807) is 7.11 Å². The van der Waals surface area contributed by atoms with Crippen molar-refractivity contribution in [1.29, 1.82) is 0 Å². The van der Waals surface area contributed by atoms with Crippen molar-refractivity contribution in [2.24, 2.45) is 0 Å². The van der Waals surface area contributed by atoms with E-state index >= 15 is 0 Å². The lowest BCUT2D eigenvalue weighted by molar-refractivity contribution is -0.0715. The molecule has 2 aliphatic heterocycles. The number of rotatable bonds is 4. The number of hydrogen-bond donors (Lipinski definition) is 0. The van der Waals surface area contributed by atoms with E-state index in [4.69, 9.17) is 16.3 Å². The van der Waals surface area contributed by atoms with Gasteiger partial charge in [-0.05, 0) is 47.8 Å². The molecular formula is C23H25ClN2O. The van der Waals surface area contributed by atoms with Gasteiger partial charge in [0.05, 0.1) is 13.2 Å². The average molecular weight is 381 g/mol. The third-order valence-corrected chi connectivity index (χ3v) is 5.56. The number of ether oxygens (including phenoxy) is 1. The minimum atomic E-state index is 0.0581. The van der Waals surface area contributed by atoms with Crippen LogP contribution in [0.1, 0.15) is 36.4 Å². The highest BCUT2D eigenvalue weighted by molar-refractivity contribution is 6.30. The Morgan fingerprint density at radius 1 is 0.889 bits per heavy atom. The maximum absolute atomic E-state index is 6.17. The molecule has 4 rings (SSSR count). The number of hydrazine groups is 1. The predicted octanol–water partition coefficient (Wildman–Crippen LogP) is 5.67. The Bertz CT molecular complexity index is 823. The van der Waals surface area contributed by atoms with Crippen molar-refractivity contribution >= 4 is 17.2 Å². The Labute approximate surface area is 166 Å². The Morgan fingerprint density at radius 2 is 1.59 bits per heavy atom. The quantitative estimate of drug-likeness (QED) is 0.679. The van der Waals surface area contributed by atoms with E-state index < -0.39 is 0 Å². The summed E-state index contributed by atoms with van der Waals surface area (Å²) in [5, 5.41) is 5.53. The first-order valence-electron chi connectivity index (χ1n) is 9.59. The molecule has 1 atom stereocenters. The molecule has 0 aromatic heterocycles. The van der Waals surface area contributed by atoms with Gasteiger partial charge >= 0.3 is 0 Å². The Hall–Kier alpha value is -2.23. The van der Waals surface area contributed by atoms with Gasteiger partial charge in [0.15, 0.2) is 0 Å². The summed E-state index contributed by atoms with van der Waals surface area (Å²) in [4.78, 5) is 0. The zero-order chi connectivity index (χ0) is 18.6. The van der Waals surface area contributed by atoms with E-state index in [-0.39, 0.29) is 6.04 Å². The minimum Gasteiger partial charge on any atom is -0.481 e. The zero-order valence-corrected chi connectivity index (χ0v) is 16.4. The smallest absolute Gasteiger partial charge is 0.204 e. The molecule has 2 heterocycles. The summed E-state index contributed by atoms with van der Waals surface area (Å²) in [6.07, 6.45) is 8.00. The molecular weight excluding hydrogens is 356 g/mol. The summed E-state index contributed by atoms with van der Waals surface area (Å²) in [6.45, 7) is 2.10. The van der Waals surface area contributed by atoms with Crippen LogP contribution in [-0.4, -0.2) is 30.2 Å². The number of piperidine rings is 1. The maximum atomic E-state index is 6.17. The molecule has 4 heteroatoms. The van der Waals surface area contributed by atoms with Crippen LogP contribution >= 0.6 is 11.6 Å². The van der Waals surface area contributed by atoms with Crippen molar-refractivity contribution in [2.75, 3.05) is 20.2 Å². The highest BCUT2D eigenvalue weighted by Crippen LogP contribution is 2.42. The first-order chi connectivity index (χ1) is 13.3. The number of hydrogen-bond acceptors (Lipinski definition) is 3. The minimum absolute atomic E-state index is 0.0581. The van der Waals surface area contributed by atoms with Crippen LogP contribution in [0.15, 0.2) is 72.6 Å². The molecule has 0 bridgehead atoms. The monoisotopic (exact) mass is 380 g/mol. The number of halogens is 1. The number of allylic oxidation sites excluding steroid dienone is 2. The van der Waals surface area contributed by atoms with Crippen molar-refractivity contribution in [3.63, 3.8) is 0 Å². The predicted molar refractivity (Wildman–Crippen MR) is 111 cm³/mol. The summed E-state index contributed by atoms with van der Waals surface area (Å²) in [7, 11) is 1.75. The van der Waals surface area contributed by atoms with Crippen LogP contribution < -0.4 is 0 Å². The van der Waals surface area contributed by atoms with Crippen LogP contribution in [0.2, 0.25) is 5.02 Å². The highest BCUT2D eigenvalue weighted by Gasteiger charge is 2.34. The largest absolute Gasteiger partial charge is 0.481 e. The summed E-state index contributed by atoms with van der Waals surface area (Å²) >= 11 is 6.17. The Kier molecular flexibility index (Phi) is 5.51. The molecule has 1 fully saturated rings. The second-order valence-corrected chi connectivity index (χ2v) is 7.45. The molecule has 0 N–H and O–H groups in total. The molecule has 0 saturated carbocycles. The fourth-order valence-corrected chi connectivity index (χ4v) is 4.12. The molecule has 27 heavy (non-hydrogen) atoms. The highest BCUT2D eigenvalue weighted by atomic mass is 35.5. The molecule has 1 unspecified atom stereocenters. The van der Waals surface area contributed by atoms with Gasteiger partial charge in [0.25, 0.3) is 0 Å². The van der Waals surface area contributed by atoms with Gasteiger partial charge in [0.1, 0.15) is 0 Å². The fraction of sp³-hybridized carbons (Fsp3) is 0.304. The third-order valence-electron chi connectivity index (χ3n) is 5.31. The summed E-state index contributed by atoms with van der Waals surface area (Å²) in [6, 6.07) is 18.8. The van der Waals surface area contributed by atoms with Crippen molar-refractivity contribution in [3.05, 3.63) is 88.8 Å². The molecule has 0 amide bonds. The summed E-state index contributed by atoms with van der Waals surface area (Å²) in [5.41, 5.74) is 3.71. The average Bonchev–Trinajstić information content (AvgIpc) is 2.74. The van der Waals surface area contributed by atoms with Crippen LogP contribution in [0.4, 0.5) is 0 Å². The SMILES string of the molecule is COC1=CC=C(c2ccccc2)C(c2ccc(Cl)cc2)N1N1CCCCC1. The van der Waals surface area contributed by atoms with Gasteiger partial charge in [0, 0.05) is 18.1 Å². The standard InChI is InChI=1S/C23H25ClN2O/c1-27-22-15-14-21(18-8-4-2-5-9-18)23(19-10-12-20(24)13-11-19)26(22)25-16-6-3-7-17-25/h2,4-5,8-15,23H,3,6-7,16-17H2,1H3. The second-order valence-electron chi connectivity index (χ2n) is 7.01. The third kappa shape index (κ3) is 3.76. The van der Waals surface area contributed by atoms with E-state index in [0.29, 0.717) is 0 Å². The Morgan fingerprint density at radius 3 is 2.26 bits per heavy atom. The van der Waals surface area contributed by atoms with Crippen LogP contribution in [-0.2, 0) is 4.74 Å². The van der Waals surface area contributed by atoms with E-state index in [9.17, 15) is 0 Å². The first kappa shape index (κ1) is 18.1. The van der Waals surface area contributed by atoms with E-state index in [1.807, 2.05) is 12.1 Å². The molecule has 2 aromatic rings. The van der Waals surface area contributed by atoms with Gasteiger partial charge in [-0.2, -0.15) is 0 Å². The van der Waals surface area contributed by atoms with E-state index in [1.165, 1.54) is 36.0 Å². The molecule has 1 saturated heterocycles. The zero-order valence-electron chi connectivity index (χ0n) is 15.6. The second kappa shape index (κ2) is 8.20. The molecule has 140 valence electrons. The fourth-order valence-electron chi connectivity index (χ4n) is 4.00. The van der Waals surface area contributed by atoms with E-state index in [2.05, 4.69) is 64.6 Å². The van der Waals surface area contributed by atoms with E-state index in [0.717, 1.165) is 24.0 Å². The van der Waals surface area contributed by atoms with Crippen LogP contribution in [0.5, 0.6) is 0 Å². The maximum Gasteiger partial charge on any atom is 0.204 e. The lowest BCUT2D eigenvalue weighted by Gasteiger charge is -2.46. The first-order valence-corrected chi connectivity index (χ1v) is 9.96. The van der Waals surface area contributed by atoms with Gasteiger partial charge in [-0.25, -0.2) is 5.01 Å². The van der Waals surface area contributed by atoms with Crippen molar-refractivity contribution in [3.8, 4) is 0 Å². The Balaban J connectivity index is 1.82. The van der Waals surface area contributed by atoms with Gasteiger partial charge < -0.3 is 4.74 Å². The lowest BCUT2D eigenvalue weighted by atomic mass is 9.90. The summed E-state index contributed by atoms with van der Waals surface area (Å²) in [5.74, 6) is 0.886. The van der Waals surface area contributed by atoms with Crippen LogP contribution in [0.3, 0.4) is 0 Å². The van der Waals surface area contributed by atoms with Crippen LogP contribution in [0.25, 0.3) is 5.57 Å². The van der Waals surface area contributed by atoms with Gasteiger partial charge in [-0.3, -0.25) is 5.01 Å². The van der Waals surface area contributed by atoms with Gasteiger partial charge in [0.2, 0.25) is 5.88 Å². The van der Waals surface area contributed by atoms with Crippen molar-refractivity contribution in [1.82, 2.24) is 10.0 Å². The normalized spacial score (nSPS) is 20.8. The molecule has 2 aromatic carbocycles. The molecule has 2 aliphatic rings.